The topological polar surface area (TPSA) is 77.1 Å². The lowest BCUT2D eigenvalue weighted by Gasteiger charge is -2.30. The van der Waals surface area contributed by atoms with E-state index in [1.54, 1.807) is 38.4 Å². The van der Waals surface area contributed by atoms with Crippen molar-refractivity contribution in [2.75, 3.05) is 39.7 Å². The summed E-state index contributed by atoms with van der Waals surface area (Å²) < 4.78 is 16.5. The van der Waals surface area contributed by atoms with Crippen LogP contribution in [0.25, 0.3) is 5.57 Å². The number of halogens is 1. The standard InChI is InChI=1S/C24H25ClN2O5S/c1-30-16-11-18(31-2)23(19(12-16)32-3)14-6-8-27(9-7-14)22(28)13-21-24(29)26-17-10-15(25)4-5-20(17)33-21/h4-6,10-12,21H,7-9,13H2,1-3H3,(H,26,29)/t21-/m1/s1. The number of carbonyl (C=O) groups excluding carboxylic acids is 2. The average molecular weight is 489 g/mol. The Bertz CT molecular complexity index is 1100. The van der Waals surface area contributed by atoms with E-state index in [0.717, 1.165) is 16.0 Å². The van der Waals surface area contributed by atoms with Gasteiger partial charge in [0.15, 0.2) is 0 Å². The number of nitrogens with zero attached hydrogens (tertiary/aromatic N) is 1. The maximum Gasteiger partial charge on any atom is 0.238 e. The molecule has 2 aromatic carbocycles. The van der Waals surface area contributed by atoms with Crippen molar-refractivity contribution in [1.82, 2.24) is 4.90 Å². The molecule has 2 amide bonds. The van der Waals surface area contributed by atoms with Gasteiger partial charge in [-0.25, -0.2) is 0 Å². The van der Waals surface area contributed by atoms with Gasteiger partial charge in [0.25, 0.3) is 0 Å². The Morgan fingerprint density at radius 3 is 2.48 bits per heavy atom. The molecule has 0 unspecified atom stereocenters. The van der Waals surface area contributed by atoms with Gasteiger partial charge in [-0.2, -0.15) is 0 Å². The Hall–Kier alpha value is -2.84. The number of fused-ring (bicyclic) bond motifs is 1. The van der Waals surface area contributed by atoms with Gasteiger partial charge in [-0.15, -0.1) is 11.8 Å². The molecule has 0 saturated heterocycles. The molecule has 7 nitrogen and oxygen atoms in total. The van der Waals surface area contributed by atoms with Crippen molar-refractivity contribution in [2.45, 2.75) is 23.0 Å². The Balaban J connectivity index is 1.46. The van der Waals surface area contributed by atoms with E-state index < -0.39 is 5.25 Å². The van der Waals surface area contributed by atoms with Crippen LogP contribution in [0.3, 0.4) is 0 Å². The Kier molecular flexibility index (Phi) is 7.05. The zero-order chi connectivity index (χ0) is 23.5. The molecule has 1 atom stereocenters. The molecule has 0 radical (unpaired) electrons. The molecule has 2 aliphatic heterocycles. The Labute approximate surface area is 202 Å². The van der Waals surface area contributed by atoms with Gasteiger partial charge in [-0.3, -0.25) is 9.59 Å². The lowest BCUT2D eigenvalue weighted by Crippen LogP contribution is -2.39. The minimum atomic E-state index is -0.474. The summed E-state index contributed by atoms with van der Waals surface area (Å²) in [4.78, 5) is 28.2. The molecule has 2 aromatic rings. The Morgan fingerprint density at radius 2 is 1.88 bits per heavy atom. The highest BCUT2D eigenvalue weighted by Gasteiger charge is 2.31. The van der Waals surface area contributed by atoms with Gasteiger partial charge in [-0.05, 0) is 30.2 Å². The number of anilines is 1. The summed E-state index contributed by atoms with van der Waals surface area (Å²) in [6, 6.07) is 9.01. The third kappa shape index (κ3) is 4.91. The quantitative estimate of drug-likeness (QED) is 0.645. The molecule has 1 N–H and O–H groups in total. The number of nitrogens with one attached hydrogen (secondary N) is 1. The smallest absolute Gasteiger partial charge is 0.238 e. The van der Waals surface area contributed by atoms with Crippen LogP contribution in [0.4, 0.5) is 5.69 Å². The SMILES string of the molecule is COc1cc(OC)c(C2=CCN(C(=O)C[C@H]3Sc4ccc(Cl)cc4NC3=O)CC2)c(OC)c1. The zero-order valence-electron chi connectivity index (χ0n) is 18.6. The van der Waals surface area contributed by atoms with Gasteiger partial charge in [-0.1, -0.05) is 17.7 Å². The molecule has 0 spiro atoms. The first-order valence-corrected chi connectivity index (χ1v) is 11.7. The van der Waals surface area contributed by atoms with Crippen molar-refractivity contribution < 1.29 is 23.8 Å². The van der Waals surface area contributed by atoms with Crippen LogP contribution in [0.1, 0.15) is 18.4 Å². The predicted octanol–water partition coefficient (Wildman–Crippen LogP) is 4.48. The molecule has 0 saturated carbocycles. The minimum absolute atomic E-state index is 0.0518. The monoisotopic (exact) mass is 488 g/mol. The number of hydrogen-bond acceptors (Lipinski definition) is 6. The highest BCUT2D eigenvalue weighted by atomic mass is 35.5. The summed E-state index contributed by atoms with van der Waals surface area (Å²) in [7, 11) is 4.81. The summed E-state index contributed by atoms with van der Waals surface area (Å²) in [5, 5.41) is 2.94. The van der Waals surface area contributed by atoms with E-state index in [-0.39, 0.29) is 18.2 Å². The van der Waals surface area contributed by atoms with E-state index in [1.807, 2.05) is 24.3 Å². The molecule has 0 aromatic heterocycles. The van der Waals surface area contributed by atoms with Gasteiger partial charge in [0.2, 0.25) is 11.8 Å². The van der Waals surface area contributed by atoms with E-state index in [9.17, 15) is 9.59 Å². The van der Waals surface area contributed by atoms with Gasteiger partial charge in [0.1, 0.15) is 17.2 Å². The first-order valence-electron chi connectivity index (χ1n) is 10.5. The summed E-state index contributed by atoms with van der Waals surface area (Å²) in [5.41, 5.74) is 2.60. The second-order valence-corrected chi connectivity index (χ2v) is 9.35. The molecule has 33 heavy (non-hydrogen) atoms. The van der Waals surface area contributed by atoms with Crippen LogP contribution in [0.2, 0.25) is 5.02 Å². The summed E-state index contributed by atoms with van der Waals surface area (Å²) >= 11 is 7.41. The van der Waals surface area contributed by atoms with Crippen LogP contribution in [0.15, 0.2) is 41.3 Å². The molecule has 2 heterocycles. The number of ether oxygens (including phenoxy) is 3. The van der Waals surface area contributed by atoms with Crippen LogP contribution < -0.4 is 19.5 Å². The largest absolute Gasteiger partial charge is 0.496 e. The van der Waals surface area contributed by atoms with E-state index in [1.165, 1.54) is 11.8 Å². The highest BCUT2D eigenvalue weighted by molar-refractivity contribution is 8.01. The minimum Gasteiger partial charge on any atom is -0.496 e. The third-order valence-electron chi connectivity index (χ3n) is 5.72. The molecular weight excluding hydrogens is 464 g/mol. The van der Waals surface area contributed by atoms with Gasteiger partial charge in [0, 0.05) is 41.6 Å². The van der Waals surface area contributed by atoms with E-state index in [2.05, 4.69) is 5.32 Å². The van der Waals surface area contributed by atoms with Gasteiger partial charge in [0.05, 0.1) is 37.8 Å². The number of methoxy groups -OCH3 is 3. The molecule has 0 aliphatic carbocycles. The average Bonchev–Trinajstić information content (AvgIpc) is 2.83. The summed E-state index contributed by atoms with van der Waals surface area (Å²) in [6.45, 7) is 1.01. The first-order chi connectivity index (χ1) is 15.9. The number of hydrogen-bond donors (Lipinski definition) is 1. The number of amides is 2. The van der Waals surface area contributed by atoms with Crippen molar-refractivity contribution in [3.63, 3.8) is 0 Å². The van der Waals surface area contributed by atoms with Crippen molar-refractivity contribution in [2.24, 2.45) is 0 Å². The summed E-state index contributed by atoms with van der Waals surface area (Å²) in [5.74, 6) is 1.73. The molecule has 9 heteroatoms. The van der Waals surface area contributed by atoms with E-state index >= 15 is 0 Å². The van der Waals surface area contributed by atoms with Crippen molar-refractivity contribution in [1.29, 1.82) is 0 Å². The predicted molar refractivity (Wildman–Crippen MR) is 130 cm³/mol. The van der Waals surface area contributed by atoms with Crippen LogP contribution >= 0.6 is 23.4 Å². The second kappa shape index (κ2) is 9.97. The lowest BCUT2D eigenvalue weighted by atomic mass is 9.97. The van der Waals surface area contributed by atoms with Crippen molar-refractivity contribution in [3.05, 3.63) is 47.0 Å². The van der Waals surface area contributed by atoms with Gasteiger partial charge >= 0.3 is 0 Å². The normalized spacial score (nSPS) is 17.6. The molecular formula is C24H25ClN2O5S. The fourth-order valence-corrected chi connectivity index (χ4v) is 5.24. The Morgan fingerprint density at radius 1 is 1.15 bits per heavy atom. The molecule has 0 fully saturated rings. The van der Waals surface area contributed by atoms with Gasteiger partial charge < -0.3 is 24.4 Å². The van der Waals surface area contributed by atoms with Crippen molar-refractivity contribution >= 4 is 46.4 Å². The van der Waals surface area contributed by atoms with Crippen molar-refractivity contribution in [3.8, 4) is 17.2 Å². The lowest BCUT2D eigenvalue weighted by molar-refractivity contribution is -0.132. The van der Waals surface area contributed by atoms with Crippen LogP contribution in [0, 0.1) is 0 Å². The fourth-order valence-electron chi connectivity index (χ4n) is 3.99. The summed E-state index contributed by atoms with van der Waals surface area (Å²) in [6.07, 6.45) is 2.80. The fraction of sp³-hybridized carbons (Fsp3) is 0.333. The maximum atomic E-state index is 13.0. The molecule has 2 aliphatic rings. The second-order valence-electron chi connectivity index (χ2n) is 7.67. The number of thioether (sulfide) groups is 1. The molecule has 4 rings (SSSR count). The van der Waals surface area contributed by atoms with E-state index in [0.29, 0.717) is 47.5 Å². The molecule has 0 bridgehead atoms. The third-order valence-corrected chi connectivity index (χ3v) is 7.23. The maximum absolute atomic E-state index is 13.0. The number of carbonyl (C=O) groups is 2. The van der Waals surface area contributed by atoms with Crippen LogP contribution in [-0.2, 0) is 9.59 Å². The molecule has 174 valence electrons. The van der Waals surface area contributed by atoms with Crippen LogP contribution in [-0.4, -0.2) is 56.4 Å². The first kappa shape index (κ1) is 23.3. The highest BCUT2D eigenvalue weighted by Crippen LogP contribution is 2.41. The number of rotatable bonds is 6. The van der Waals surface area contributed by atoms with Crippen LogP contribution in [0.5, 0.6) is 17.2 Å². The van der Waals surface area contributed by atoms with E-state index in [4.69, 9.17) is 25.8 Å². The zero-order valence-corrected chi connectivity index (χ0v) is 20.2. The number of benzene rings is 2.